The largest absolute Gasteiger partial charge is 0.374 e. The van der Waals surface area contributed by atoms with Crippen molar-refractivity contribution < 1.29 is 4.74 Å². The molecule has 1 aliphatic heterocycles. The Morgan fingerprint density at radius 2 is 1.87 bits per heavy atom. The average molecular weight is 315 g/mol. The molecule has 0 N–H and O–H groups in total. The van der Waals surface area contributed by atoms with E-state index < -0.39 is 0 Å². The number of fused-ring (bicyclic) bond motifs is 5. The fourth-order valence-corrected chi connectivity index (χ4v) is 8.03. The lowest BCUT2D eigenvalue weighted by atomic mass is 9.50. The van der Waals surface area contributed by atoms with Crippen LogP contribution in [0.25, 0.3) is 0 Å². The summed E-state index contributed by atoms with van der Waals surface area (Å²) in [4.78, 5) is 0. The van der Waals surface area contributed by atoms with Crippen molar-refractivity contribution in [3.8, 4) is 0 Å². The highest BCUT2D eigenvalue weighted by Crippen LogP contribution is 2.68. The van der Waals surface area contributed by atoms with Gasteiger partial charge in [0, 0.05) is 6.61 Å². The van der Waals surface area contributed by atoms with Gasteiger partial charge in [0.25, 0.3) is 0 Å². The molecule has 1 heteroatoms. The van der Waals surface area contributed by atoms with Crippen molar-refractivity contribution in [3.05, 3.63) is 11.1 Å². The van der Waals surface area contributed by atoms with Gasteiger partial charge in [-0.15, -0.1) is 0 Å². The third-order valence-corrected chi connectivity index (χ3v) is 9.03. The number of hydrogen-bond donors (Lipinski definition) is 0. The van der Waals surface area contributed by atoms with Crippen LogP contribution in [-0.4, -0.2) is 12.2 Å². The van der Waals surface area contributed by atoms with Crippen molar-refractivity contribution in [3.63, 3.8) is 0 Å². The van der Waals surface area contributed by atoms with Gasteiger partial charge in [0.15, 0.2) is 0 Å². The third kappa shape index (κ3) is 1.89. The smallest absolute Gasteiger partial charge is 0.0739 e. The van der Waals surface area contributed by atoms with Crippen LogP contribution in [0.5, 0.6) is 0 Å². The summed E-state index contributed by atoms with van der Waals surface area (Å²) in [6.07, 6.45) is 15.6. The predicted molar refractivity (Wildman–Crippen MR) is 94.2 cm³/mol. The van der Waals surface area contributed by atoms with Gasteiger partial charge in [-0.25, -0.2) is 0 Å². The molecule has 4 aliphatic carbocycles. The van der Waals surface area contributed by atoms with E-state index in [0.717, 1.165) is 30.3 Å². The van der Waals surface area contributed by atoms with Gasteiger partial charge in [-0.3, -0.25) is 0 Å². The number of rotatable bonds is 0. The summed E-state index contributed by atoms with van der Waals surface area (Å²) in [6, 6.07) is 0. The van der Waals surface area contributed by atoms with Gasteiger partial charge in [0.05, 0.1) is 5.60 Å². The molecule has 6 atom stereocenters. The van der Waals surface area contributed by atoms with Crippen LogP contribution in [0.3, 0.4) is 0 Å². The van der Waals surface area contributed by atoms with Gasteiger partial charge in [-0.2, -0.15) is 0 Å². The molecule has 0 radical (unpaired) electrons. The Morgan fingerprint density at radius 1 is 1.00 bits per heavy atom. The number of allylic oxidation sites excluding steroid dienone is 2. The lowest BCUT2D eigenvalue weighted by Gasteiger charge is -2.56. The SMILES string of the molecule is C[C@@H]1CC2=C(CCCC2)[C@H]2CC[C@@]3(C)[C@@H](CC[C@@]34CCCO4)[C@H]12. The molecule has 128 valence electrons. The van der Waals surface area contributed by atoms with Gasteiger partial charge in [0.2, 0.25) is 0 Å². The first-order valence-electron chi connectivity index (χ1n) is 10.5. The van der Waals surface area contributed by atoms with Crippen LogP contribution in [0.1, 0.15) is 84.5 Å². The second kappa shape index (κ2) is 5.10. The Balaban J connectivity index is 1.52. The van der Waals surface area contributed by atoms with E-state index in [2.05, 4.69) is 13.8 Å². The van der Waals surface area contributed by atoms with E-state index in [1.165, 1.54) is 70.6 Å². The standard InChI is InChI=1S/C22H34O/c1-15-14-16-6-3-4-7-17(16)18-8-11-21(2)19(20(15)18)9-12-22(21)10-5-13-23-22/h15,18-20H,3-14H2,1-2H3/t15-,18-,19+,20-,21+,22+/m1/s1. The van der Waals surface area contributed by atoms with E-state index in [1.807, 2.05) is 11.1 Å². The zero-order chi connectivity index (χ0) is 15.7. The first-order chi connectivity index (χ1) is 11.1. The van der Waals surface area contributed by atoms with Crippen LogP contribution in [0.15, 0.2) is 11.1 Å². The molecule has 23 heavy (non-hydrogen) atoms. The van der Waals surface area contributed by atoms with Crippen LogP contribution < -0.4 is 0 Å². The highest BCUT2D eigenvalue weighted by Gasteiger charge is 2.64. The minimum atomic E-state index is 0.267. The quantitative estimate of drug-likeness (QED) is 0.507. The van der Waals surface area contributed by atoms with Crippen molar-refractivity contribution >= 4 is 0 Å². The second-order valence-corrected chi connectivity index (χ2v) is 9.75. The first-order valence-corrected chi connectivity index (χ1v) is 10.5. The minimum absolute atomic E-state index is 0.267. The van der Waals surface area contributed by atoms with Gasteiger partial charge >= 0.3 is 0 Å². The highest BCUT2D eigenvalue weighted by molar-refractivity contribution is 5.28. The molecular weight excluding hydrogens is 280 g/mol. The zero-order valence-corrected chi connectivity index (χ0v) is 15.2. The molecule has 0 aromatic carbocycles. The van der Waals surface area contributed by atoms with Gasteiger partial charge in [0.1, 0.15) is 0 Å². The number of hydrogen-bond acceptors (Lipinski definition) is 1. The van der Waals surface area contributed by atoms with E-state index in [0.29, 0.717) is 5.41 Å². The molecule has 0 aromatic rings. The first kappa shape index (κ1) is 15.0. The maximum absolute atomic E-state index is 6.48. The van der Waals surface area contributed by atoms with Gasteiger partial charge < -0.3 is 4.74 Å². The Labute approximate surface area is 142 Å². The molecule has 5 aliphatic rings. The summed E-state index contributed by atoms with van der Waals surface area (Å²) in [7, 11) is 0. The van der Waals surface area contributed by atoms with E-state index in [4.69, 9.17) is 4.74 Å². The average Bonchev–Trinajstić information content (AvgIpc) is 3.14. The summed E-state index contributed by atoms with van der Waals surface area (Å²) in [5.74, 6) is 3.77. The summed E-state index contributed by atoms with van der Waals surface area (Å²) in [5, 5.41) is 0. The fraction of sp³-hybridized carbons (Fsp3) is 0.909. The van der Waals surface area contributed by atoms with E-state index >= 15 is 0 Å². The van der Waals surface area contributed by atoms with E-state index in [9.17, 15) is 0 Å². The fourth-order valence-electron chi connectivity index (χ4n) is 8.03. The molecule has 1 heterocycles. The van der Waals surface area contributed by atoms with Crippen LogP contribution in [0, 0.1) is 29.1 Å². The molecule has 3 fully saturated rings. The maximum atomic E-state index is 6.48. The minimum Gasteiger partial charge on any atom is -0.374 e. The summed E-state index contributed by atoms with van der Waals surface area (Å²) in [6.45, 7) is 6.24. The van der Waals surface area contributed by atoms with Crippen LogP contribution in [0.2, 0.25) is 0 Å². The maximum Gasteiger partial charge on any atom is 0.0739 e. The Kier molecular flexibility index (Phi) is 3.32. The highest BCUT2D eigenvalue weighted by atomic mass is 16.5. The van der Waals surface area contributed by atoms with Crippen molar-refractivity contribution in [1.29, 1.82) is 0 Å². The zero-order valence-electron chi connectivity index (χ0n) is 15.2. The molecule has 0 unspecified atom stereocenters. The van der Waals surface area contributed by atoms with Gasteiger partial charge in [-0.05, 0) is 99.7 Å². The molecule has 1 saturated heterocycles. The van der Waals surface area contributed by atoms with Crippen LogP contribution in [0.4, 0.5) is 0 Å². The summed E-state index contributed by atoms with van der Waals surface area (Å²) < 4.78 is 6.48. The molecule has 0 aromatic heterocycles. The lowest BCUT2D eigenvalue weighted by molar-refractivity contribution is -0.124. The van der Waals surface area contributed by atoms with Crippen molar-refractivity contribution in [2.24, 2.45) is 29.1 Å². The summed E-state index contributed by atoms with van der Waals surface area (Å²) in [5.41, 5.74) is 4.60. The molecule has 1 nitrogen and oxygen atoms in total. The predicted octanol–water partition coefficient (Wildman–Crippen LogP) is 5.89. The van der Waals surface area contributed by atoms with Gasteiger partial charge in [-0.1, -0.05) is 25.0 Å². The monoisotopic (exact) mass is 314 g/mol. The third-order valence-electron chi connectivity index (χ3n) is 9.03. The Bertz CT molecular complexity index is 526. The molecule has 5 rings (SSSR count). The topological polar surface area (TPSA) is 9.23 Å². The normalized spacial score (nSPS) is 52.4. The molecule has 0 bridgehead atoms. The second-order valence-electron chi connectivity index (χ2n) is 9.75. The Hall–Kier alpha value is -0.300. The lowest BCUT2D eigenvalue weighted by Crippen LogP contribution is -2.52. The molecular formula is C22H34O. The summed E-state index contributed by atoms with van der Waals surface area (Å²) >= 11 is 0. The molecule has 0 amide bonds. The van der Waals surface area contributed by atoms with Crippen LogP contribution in [-0.2, 0) is 4.74 Å². The Morgan fingerprint density at radius 3 is 2.70 bits per heavy atom. The van der Waals surface area contributed by atoms with Crippen molar-refractivity contribution in [2.75, 3.05) is 6.61 Å². The van der Waals surface area contributed by atoms with Crippen molar-refractivity contribution in [1.82, 2.24) is 0 Å². The van der Waals surface area contributed by atoms with Crippen LogP contribution >= 0.6 is 0 Å². The number of ether oxygens (including phenoxy) is 1. The van der Waals surface area contributed by atoms with Crippen molar-refractivity contribution in [2.45, 2.75) is 90.1 Å². The molecule has 1 spiro atoms. The molecule has 2 saturated carbocycles. The van der Waals surface area contributed by atoms with E-state index in [1.54, 1.807) is 0 Å². The van der Waals surface area contributed by atoms with E-state index in [-0.39, 0.29) is 5.60 Å².